The van der Waals surface area contributed by atoms with E-state index in [1.807, 2.05) is 43.7 Å². The Hall–Kier alpha value is -3.57. The van der Waals surface area contributed by atoms with Crippen molar-refractivity contribution in [2.75, 3.05) is 50.8 Å². The van der Waals surface area contributed by atoms with Gasteiger partial charge in [-0.05, 0) is 25.0 Å². The van der Waals surface area contributed by atoms with Crippen molar-refractivity contribution in [3.05, 3.63) is 30.1 Å². The van der Waals surface area contributed by atoms with Crippen molar-refractivity contribution in [3.8, 4) is 12.0 Å². The zero-order chi connectivity index (χ0) is 27.9. The molecule has 0 atom stereocenters. The van der Waals surface area contributed by atoms with Crippen molar-refractivity contribution in [1.29, 1.82) is 0 Å². The third-order valence-corrected chi connectivity index (χ3v) is 7.86. The highest BCUT2D eigenvalue weighted by Gasteiger charge is 2.29. The number of fused-ring (bicyclic) bond motifs is 2. The standard InChI is InChI=1S/C29H38N8O3/c1-5-23-30-21-8-6-7-9-22(21)37(23)27-32-25-24(26(33-27)36-14-16-39-17-15-36)31-28(34(25)4)40-20-10-12-35(13-11-20)18-29(2,3)19-38/h6-9,19-20H,5,10-18H2,1-4H3. The predicted octanol–water partition coefficient (Wildman–Crippen LogP) is 3.17. The molecule has 40 heavy (non-hydrogen) atoms. The number of anilines is 1. The zero-order valence-corrected chi connectivity index (χ0v) is 23.8. The first-order valence-corrected chi connectivity index (χ1v) is 14.3. The molecule has 4 aromatic rings. The monoisotopic (exact) mass is 546 g/mol. The number of hydrogen-bond acceptors (Lipinski definition) is 9. The number of carbonyl (C=O) groups is 1. The number of rotatable bonds is 8. The number of aldehydes is 1. The molecule has 0 saturated carbocycles. The van der Waals surface area contributed by atoms with Gasteiger partial charge in [-0.25, -0.2) is 4.98 Å². The number of nitrogens with zero attached hydrogens (tertiary/aromatic N) is 8. The van der Waals surface area contributed by atoms with Crippen LogP contribution < -0.4 is 9.64 Å². The minimum absolute atomic E-state index is 0.0506. The lowest BCUT2D eigenvalue weighted by atomic mass is 9.94. The molecule has 2 fully saturated rings. The van der Waals surface area contributed by atoms with E-state index in [4.69, 9.17) is 29.4 Å². The molecule has 11 heteroatoms. The number of ether oxygens (including phenoxy) is 2. The number of likely N-dealkylation sites (tertiary alicyclic amines) is 1. The Labute approximate surface area is 234 Å². The minimum atomic E-state index is -0.338. The third-order valence-electron chi connectivity index (χ3n) is 7.86. The van der Waals surface area contributed by atoms with Crippen LogP contribution in [-0.4, -0.2) is 92.3 Å². The highest BCUT2D eigenvalue weighted by atomic mass is 16.5. The maximum Gasteiger partial charge on any atom is 0.298 e. The topological polar surface area (TPSA) is 103 Å². The van der Waals surface area contributed by atoms with Gasteiger partial charge in [0.1, 0.15) is 18.2 Å². The van der Waals surface area contributed by atoms with Gasteiger partial charge >= 0.3 is 0 Å². The second-order valence-electron chi connectivity index (χ2n) is 11.5. The second-order valence-corrected chi connectivity index (χ2v) is 11.5. The van der Waals surface area contributed by atoms with Crippen LogP contribution in [0.15, 0.2) is 24.3 Å². The highest BCUT2D eigenvalue weighted by Crippen LogP contribution is 2.31. The van der Waals surface area contributed by atoms with E-state index in [0.29, 0.717) is 25.2 Å². The Morgan fingerprint density at radius 2 is 1.80 bits per heavy atom. The SMILES string of the molecule is CCc1nc2ccccc2n1-c1nc(N2CCOCC2)c2nc(OC3CCN(CC(C)(C)C=O)CC3)n(C)c2n1. The molecule has 6 rings (SSSR count). The van der Waals surface area contributed by atoms with Crippen LogP contribution in [0.5, 0.6) is 6.01 Å². The van der Waals surface area contributed by atoms with E-state index in [2.05, 4.69) is 27.4 Å². The van der Waals surface area contributed by atoms with Crippen LogP contribution in [-0.2, 0) is 23.0 Å². The van der Waals surface area contributed by atoms with Gasteiger partial charge < -0.3 is 24.1 Å². The van der Waals surface area contributed by atoms with Crippen LogP contribution in [0.25, 0.3) is 28.1 Å². The van der Waals surface area contributed by atoms with Crippen molar-refractivity contribution in [2.45, 2.75) is 46.1 Å². The van der Waals surface area contributed by atoms with Crippen LogP contribution in [0.1, 0.15) is 39.4 Å². The lowest BCUT2D eigenvalue weighted by Crippen LogP contribution is -2.43. The summed E-state index contributed by atoms with van der Waals surface area (Å²) in [6.07, 6.45) is 3.62. The number of carbonyl (C=O) groups excluding carboxylic acids is 1. The molecule has 2 saturated heterocycles. The summed E-state index contributed by atoms with van der Waals surface area (Å²) in [6, 6.07) is 8.65. The summed E-state index contributed by atoms with van der Waals surface area (Å²) in [5.41, 5.74) is 3.03. The fraction of sp³-hybridized carbons (Fsp3) is 0.552. The average Bonchev–Trinajstić information content (AvgIpc) is 3.51. The lowest BCUT2D eigenvalue weighted by molar-refractivity contribution is -0.115. The number of piperidine rings is 1. The summed E-state index contributed by atoms with van der Waals surface area (Å²) in [7, 11) is 1.96. The van der Waals surface area contributed by atoms with Crippen molar-refractivity contribution < 1.29 is 14.3 Å². The molecule has 212 valence electrons. The Bertz CT molecular complexity index is 1510. The number of aryl methyl sites for hydroxylation is 2. The van der Waals surface area contributed by atoms with E-state index >= 15 is 0 Å². The summed E-state index contributed by atoms with van der Waals surface area (Å²) in [6.45, 7) is 11.4. The summed E-state index contributed by atoms with van der Waals surface area (Å²) < 4.78 is 16.1. The molecule has 0 N–H and O–H groups in total. The molecule has 1 aromatic carbocycles. The number of morpholine rings is 1. The Kier molecular flexibility index (Phi) is 7.18. The normalized spacial score (nSPS) is 17.6. The zero-order valence-electron chi connectivity index (χ0n) is 23.8. The van der Waals surface area contributed by atoms with Gasteiger partial charge in [0.2, 0.25) is 5.95 Å². The molecule has 0 amide bonds. The summed E-state index contributed by atoms with van der Waals surface area (Å²) >= 11 is 0. The van der Waals surface area contributed by atoms with Crippen LogP contribution in [0.2, 0.25) is 0 Å². The predicted molar refractivity (Wildman–Crippen MR) is 153 cm³/mol. The molecule has 0 radical (unpaired) electrons. The van der Waals surface area contributed by atoms with Gasteiger partial charge in [0.15, 0.2) is 17.0 Å². The summed E-state index contributed by atoms with van der Waals surface area (Å²) in [5.74, 6) is 2.29. The molecule has 2 aliphatic heterocycles. The first kappa shape index (κ1) is 26.6. The minimum Gasteiger partial charge on any atom is -0.461 e. The molecule has 11 nitrogen and oxygen atoms in total. The van der Waals surface area contributed by atoms with E-state index in [1.54, 1.807) is 0 Å². The molecule has 0 unspecified atom stereocenters. The number of imidazole rings is 2. The molecule has 0 aliphatic carbocycles. The van der Waals surface area contributed by atoms with E-state index in [1.165, 1.54) is 0 Å². The molecule has 2 aliphatic rings. The quantitative estimate of drug-likeness (QED) is 0.308. The molecular formula is C29H38N8O3. The molecule has 5 heterocycles. The maximum atomic E-state index is 11.4. The van der Waals surface area contributed by atoms with Gasteiger partial charge in [-0.1, -0.05) is 32.9 Å². The maximum absolute atomic E-state index is 11.4. The smallest absolute Gasteiger partial charge is 0.298 e. The molecule has 0 bridgehead atoms. The van der Waals surface area contributed by atoms with E-state index < -0.39 is 0 Å². The summed E-state index contributed by atoms with van der Waals surface area (Å²) in [5, 5.41) is 0. The number of hydrogen-bond donors (Lipinski definition) is 0. The fourth-order valence-electron chi connectivity index (χ4n) is 5.70. The lowest BCUT2D eigenvalue weighted by Gasteiger charge is -2.35. The number of para-hydroxylation sites is 2. The van der Waals surface area contributed by atoms with E-state index in [-0.39, 0.29) is 11.5 Å². The Balaban J connectivity index is 1.36. The van der Waals surface area contributed by atoms with Gasteiger partial charge in [-0.3, -0.25) is 9.13 Å². The van der Waals surface area contributed by atoms with Crippen LogP contribution in [0.3, 0.4) is 0 Å². The van der Waals surface area contributed by atoms with Gasteiger partial charge in [0, 0.05) is 51.6 Å². The van der Waals surface area contributed by atoms with E-state index in [9.17, 15) is 4.79 Å². The van der Waals surface area contributed by atoms with Gasteiger partial charge in [0.25, 0.3) is 6.01 Å². The summed E-state index contributed by atoms with van der Waals surface area (Å²) in [4.78, 5) is 35.9. The molecule has 3 aromatic heterocycles. The fourth-order valence-corrected chi connectivity index (χ4v) is 5.70. The second kappa shape index (κ2) is 10.8. The van der Waals surface area contributed by atoms with Crippen molar-refractivity contribution in [2.24, 2.45) is 12.5 Å². The van der Waals surface area contributed by atoms with Crippen LogP contribution >= 0.6 is 0 Å². The third kappa shape index (κ3) is 5.03. The van der Waals surface area contributed by atoms with Crippen LogP contribution in [0.4, 0.5) is 5.82 Å². The van der Waals surface area contributed by atoms with E-state index in [0.717, 1.165) is 92.1 Å². The molecular weight excluding hydrogens is 508 g/mol. The average molecular weight is 547 g/mol. The first-order valence-electron chi connectivity index (χ1n) is 14.3. The van der Waals surface area contributed by atoms with Crippen molar-refractivity contribution in [1.82, 2.24) is 34.0 Å². The first-order chi connectivity index (χ1) is 19.4. The Morgan fingerprint density at radius 1 is 1.05 bits per heavy atom. The molecule has 0 spiro atoms. The largest absolute Gasteiger partial charge is 0.461 e. The highest BCUT2D eigenvalue weighted by molar-refractivity contribution is 5.86. The Morgan fingerprint density at radius 3 is 2.52 bits per heavy atom. The van der Waals surface area contributed by atoms with Crippen LogP contribution in [0, 0.1) is 5.41 Å². The number of aromatic nitrogens is 6. The number of benzene rings is 1. The van der Waals surface area contributed by atoms with Gasteiger partial charge in [0.05, 0.1) is 24.2 Å². The van der Waals surface area contributed by atoms with Gasteiger partial charge in [-0.2, -0.15) is 15.0 Å². The van der Waals surface area contributed by atoms with Gasteiger partial charge in [-0.15, -0.1) is 0 Å². The van der Waals surface area contributed by atoms with Crippen molar-refractivity contribution in [3.63, 3.8) is 0 Å². The van der Waals surface area contributed by atoms with Crippen molar-refractivity contribution >= 4 is 34.3 Å².